The number of methoxy groups -OCH3 is 1. The summed E-state index contributed by atoms with van der Waals surface area (Å²) in [6, 6.07) is 9.77. The van der Waals surface area contributed by atoms with Gasteiger partial charge >= 0.3 is 6.18 Å². The Labute approximate surface area is 183 Å². The van der Waals surface area contributed by atoms with Crippen LogP contribution in [0.5, 0.6) is 5.75 Å². The summed E-state index contributed by atoms with van der Waals surface area (Å²) in [5.74, 6) is 0.844. The van der Waals surface area contributed by atoms with E-state index < -0.39 is 17.6 Å². The van der Waals surface area contributed by atoms with Crippen molar-refractivity contribution in [3.63, 3.8) is 0 Å². The molecule has 0 aliphatic carbocycles. The lowest BCUT2D eigenvalue weighted by Gasteiger charge is -2.36. The predicted molar refractivity (Wildman–Crippen MR) is 112 cm³/mol. The molecule has 170 valence electrons. The topological polar surface area (TPSA) is 41.7 Å². The average molecular weight is 449 g/mol. The van der Waals surface area contributed by atoms with E-state index in [1.807, 2.05) is 4.90 Å². The van der Waals surface area contributed by atoms with Crippen LogP contribution < -0.4 is 9.64 Å². The molecule has 2 heterocycles. The molecule has 1 aromatic heterocycles. The number of benzene rings is 2. The van der Waals surface area contributed by atoms with Crippen LogP contribution in [0.2, 0.25) is 0 Å². The quantitative estimate of drug-likeness (QED) is 0.505. The summed E-state index contributed by atoms with van der Waals surface area (Å²) in [7, 11) is 1.50. The molecule has 0 spiro atoms. The lowest BCUT2D eigenvalue weighted by molar-refractivity contribution is -0.137. The summed E-state index contributed by atoms with van der Waals surface area (Å²) in [4.78, 5) is 8.58. The Balaban J connectivity index is 1.42. The summed E-state index contributed by atoms with van der Waals surface area (Å²) in [5, 5.41) is 0. The second kappa shape index (κ2) is 8.82. The molecule has 0 bridgehead atoms. The van der Waals surface area contributed by atoms with Crippen LogP contribution in [-0.4, -0.2) is 43.2 Å². The summed E-state index contributed by atoms with van der Waals surface area (Å²) in [5.41, 5.74) is 0.851. The van der Waals surface area contributed by atoms with Gasteiger partial charge in [-0.05, 0) is 43.3 Å². The molecule has 0 saturated carbocycles. The third kappa shape index (κ3) is 4.72. The average Bonchev–Trinajstić information content (AvgIpc) is 3.14. The Morgan fingerprint density at radius 2 is 1.81 bits per heavy atom. The summed E-state index contributed by atoms with van der Waals surface area (Å²) < 4.78 is 64.1. The van der Waals surface area contributed by atoms with Crippen LogP contribution in [0.25, 0.3) is 11.5 Å². The molecule has 1 saturated heterocycles. The van der Waals surface area contributed by atoms with Gasteiger partial charge in [-0.2, -0.15) is 13.2 Å². The van der Waals surface area contributed by atoms with E-state index in [2.05, 4.69) is 9.88 Å². The van der Waals surface area contributed by atoms with Crippen molar-refractivity contribution in [2.45, 2.75) is 19.6 Å². The van der Waals surface area contributed by atoms with E-state index in [1.165, 1.54) is 37.4 Å². The zero-order chi connectivity index (χ0) is 22.9. The molecule has 0 amide bonds. The molecular weight excluding hydrogens is 426 g/mol. The second-order valence-electron chi connectivity index (χ2n) is 7.68. The number of nitrogens with zero attached hydrogens (tertiary/aromatic N) is 3. The minimum Gasteiger partial charge on any atom is -0.497 e. The zero-order valence-electron chi connectivity index (χ0n) is 17.7. The van der Waals surface area contributed by atoms with Gasteiger partial charge in [0.05, 0.1) is 23.9 Å². The smallest absolute Gasteiger partial charge is 0.416 e. The highest BCUT2D eigenvalue weighted by atomic mass is 19.4. The first-order chi connectivity index (χ1) is 15.2. The van der Waals surface area contributed by atoms with E-state index in [4.69, 9.17) is 9.15 Å². The number of aromatic nitrogens is 1. The van der Waals surface area contributed by atoms with Gasteiger partial charge in [-0.15, -0.1) is 0 Å². The van der Waals surface area contributed by atoms with Gasteiger partial charge in [0.2, 0.25) is 5.89 Å². The molecule has 1 aliphatic rings. The van der Waals surface area contributed by atoms with E-state index >= 15 is 0 Å². The van der Waals surface area contributed by atoms with Crippen LogP contribution in [0, 0.1) is 12.7 Å². The Hall–Kier alpha value is -3.07. The molecule has 3 aromatic rings. The molecule has 0 atom stereocenters. The number of hydrogen-bond acceptors (Lipinski definition) is 5. The predicted octanol–water partition coefficient (Wildman–Crippen LogP) is 5.14. The normalized spacial score (nSPS) is 15.2. The maximum atomic E-state index is 14.3. The van der Waals surface area contributed by atoms with Crippen LogP contribution in [0.3, 0.4) is 0 Å². The fourth-order valence-corrected chi connectivity index (χ4v) is 3.74. The van der Waals surface area contributed by atoms with Crippen molar-refractivity contribution in [1.82, 2.24) is 9.88 Å². The van der Waals surface area contributed by atoms with Gasteiger partial charge in [-0.3, -0.25) is 4.90 Å². The largest absolute Gasteiger partial charge is 0.497 e. The first-order valence-electron chi connectivity index (χ1n) is 10.2. The summed E-state index contributed by atoms with van der Waals surface area (Å²) in [6.45, 7) is 4.79. The number of anilines is 1. The van der Waals surface area contributed by atoms with E-state index in [-0.39, 0.29) is 11.5 Å². The lowest BCUT2D eigenvalue weighted by atomic mass is 10.1. The lowest BCUT2D eigenvalue weighted by Crippen LogP contribution is -2.46. The van der Waals surface area contributed by atoms with Crippen molar-refractivity contribution >= 4 is 5.69 Å². The van der Waals surface area contributed by atoms with Crippen molar-refractivity contribution in [3.05, 3.63) is 65.3 Å². The molecule has 9 heteroatoms. The number of rotatable bonds is 5. The highest BCUT2D eigenvalue weighted by Crippen LogP contribution is 2.32. The van der Waals surface area contributed by atoms with Gasteiger partial charge in [0, 0.05) is 38.4 Å². The van der Waals surface area contributed by atoms with E-state index in [1.54, 1.807) is 13.0 Å². The molecule has 0 N–H and O–H groups in total. The number of halogens is 4. The Morgan fingerprint density at radius 3 is 2.50 bits per heavy atom. The van der Waals surface area contributed by atoms with Crippen LogP contribution in [0.4, 0.5) is 23.2 Å². The molecule has 1 fully saturated rings. The Bertz CT molecular complexity index is 1090. The minimum atomic E-state index is -4.36. The summed E-state index contributed by atoms with van der Waals surface area (Å²) >= 11 is 0. The maximum absolute atomic E-state index is 14.3. The van der Waals surface area contributed by atoms with E-state index in [0.29, 0.717) is 55.6 Å². The Kier molecular flexibility index (Phi) is 6.10. The number of hydrogen-bond donors (Lipinski definition) is 0. The zero-order valence-corrected chi connectivity index (χ0v) is 17.7. The molecule has 32 heavy (non-hydrogen) atoms. The van der Waals surface area contributed by atoms with Crippen LogP contribution >= 0.6 is 0 Å². The van der Waals surface area contributed by atoms with Gasteiger partial charge in [0.25, 0.3) is 0 Å². The SMILES string of the molecule is COc1ccc(F)c(-c2nc(CN3CCN(c4cccc(C(F)(F)F)c4)CC3)c(C)o2)c1. The first kappa shape index (κ1) is 22.1. The van der Waals surface area contributed by atoms with E-state index in [0.717, 1.165) is 6.07 Å². The monoisotopic (exact) mass is 449 g/mol. The van der Waals surface area contributed by atoms with Crippen LogP contribution in [0.15, 0.2) is 46.9 Å². The van der Waals surface area contributed by atoms with Crippen molar-refractivity contribution in [1.29, 1.82) is 0 Å². The highest BCUT2D eigenvalue weighted by Gasteiger charge is 2.31. The molecule has 4 rings (SSSR count). The molecular formula is C23H23F4N3O2. The minimum absolute atomic E-state index is 0.191. The standard InChI is InChI=1S/C23H23F4N3O2/c1-15-21(28-22(32-15)19-13-18(31-2)6-7-20(19)24)14-29-8-10-30(11-9-29)17-5-3-4-16(12-17)23(25,26)27/h3-7,12-13H,8-11,14H2,1-2H3. The number of aryl methyl sites for hydroxylation is 1. The number of alkyl halides is 3. The van der Waals surface area contributed by atoms with Crippen LogP contribution in [-0.2, 0) is 12.7 Å². The van der Waals surface area contributed by atoms with Crippen LogP contribution in [0.1, 0.15) is 17.0 Å². The maximum Gasteiger partial charge on any atom is 0.416 e. The fraction of sp³-hybridized carbons (Fsp3) is 0.348. The third-order valence-electron chi connectivity index (χ3n) is 5.58. The van der Waals surface area contributed by atoms with Gasteiger partial charge in [-0.1, -0.05) is 6.07 Å². The van der Waals surface area contributed by atoms with Crippen molar-refractivity contribution < 1.29 is 26.7 Å². The molecule has 1 aliphatic heterocycles. The van der Waals surface area contributed by atoms with E-state index in [9.17, 15) is 17.6 Å². The second-order valence-corrected chi connectivity index (χ2v) is 7.68. The summed E-state index contributed by atoms with van der Waals surface area (Å²) in [6.07, 6.45) is -4.36. The highest BCUT2D eigenvalue weighted by molar-refractivity contribution is 5.57. The molecule has 0 radical (unpaired) electrons. The van der Waals surface area contributed by atoms with Crippen molar-refractivity contribution in [2.24, 2.45) is 0 Å². The number of oxazole rings is 1. The van der Waals surface area contributed by atoms with Crippen molar-refractivity contribution in [3.8, 4) is 17.2 Å². The molecule has 2 aromatic carbocycles. The van der Waals surface area contributed by atoms with Crippen molar-refractivity contribution in [2.75, 3.05) is 38.2 Å². The van der Waals surface area contributed by atoms with Gasteiger partial charge in [0.15, 0.2) is 0 Å². The van der Waals surface area contributed by atoms with Gasteiger partial charge in [0.1, 0.15) is 17.3 Å². The van der Waals surface area contributed by atoms with Gasteiger partial charge in [-0.25, -0.2) is 9.37 Å². The third-order valence-corrected chi connectivity index (χ3v) is 5.58. The first-order valence-corrected chi connectivity index (χ1v) is 10.2. The molecule has 5 nitrogen and oxygen atoms in total. The molecule has 0 unspecified atom stereocenters. The Morgan fingerprint density at radius 1 is 1.06 bits per heavy atom. The number of piperazine rings is 1. The fourth-order valence-electron chi connectivity index (χ4n) is 3.74. The van der Waals surface area contributed by atoms with Gasteiger partial charge < -0.3 is 14.1 Å². The number of ether oxygens (including phenoxy) is 1.